The van der Waals surface area contributed by atoms with Gasteiger partial charge in [-0.05, 0) is 101 Å². The molecule has 4 unspecified atom stereocenters. The molecule has 1 fully saturated rings. The molecule has 1 aliphatic rings. The van der Waals surface area contributed by atoms with Crippen molar-refractivity contribution in [1.82, 2.24) is 56.0 Å². The van der Waals surface area contributed by atoms with E-state index in [9.17, 15) is 48.3 Å². The van der Waals surface area contributed by atoms with E-state index in [-0.39, 0.29) is 55.8 Å². The minimum Gasteiger partial charge on any atom is -0.390 e. The van der Waals surface area contributed by atoms with Crippen LogP contribution in [-0.4, -0.2) is 215 Å². The Morgan fingerprint density at radius 2 is 0.906 bits per heavy atom. The standard InChI is InChI=1S/C62H111N11O12/c1-24-26-28-40(15)52(75)51-57(80)65-43(27-25-2)58(81)68(18)33-48(74)69(19)45(30-35(5)6)56(79)67-49(38(11)12)61(84)70(20)46(31-36(7)8)55(78)64-41(16)53(76)63-42(17)54(77)66-44(29-34(3)4)59(82)71(21)47(32-37(9)10)60(83)72(22)50(39(13)14)62(85)73(51)23/h24,26,34-47,49-52,75H,25,27-33H2,1-23H3,(H,63,76)(H,64,78)(H,65,80)(H,66,77)(H,67,79)/b26-24+/t40-,41?,42-,43?,44?,45-,46-,47+,49-,50+,51?,52-/m1/s1. The summed E-state index contributed by atoms with van der Waals surface area (Å²) in [4.78, 5) is 167. The SMILES string of the molecule is C/C=C/C[C@@H](C)[C@@H](O)C1C(=O)NC(CCC)C(=O)N(C)CC(=O)N(C)[C@H](CC(C)C)C(=O)N[C@H](C(C)C)C(=O)N(C)[C@H](CC(C)C)C(=O)NC(C)C(=O)N[C@H](C)C(=O)NC(CC(C)C)C(=O)N(C)[C@@H](CC(C)C)C(=O)N(C)[C@@H](C(C)C)C(=O)N1C. The maximum atomic E-state index is 15.1. The van der Waals surface area contributed by atoms with Crippen LogP contribution in [0.15, 0.2) is 12.2 Å². The number of likely N-dealkylation sites (N-methyl/N-ethyl adjacent to an activating group) is 6. The number of allylic oxidation sites excluding steroid dienone is 2. The Balaban J connectivity index is 4.31. The fourth-order valence-corrected chi connectivity index (χ4v) is 10.6. The van der Waals surface area contributed by atoms with Gasteiger partial charge < -0.3 is 61.1 Å². The summed E-state index contributed by atoms with van der Waals surface area (Å²) in [6, 6.07) is -12.4. The van der Waals surface area contributed by atoms with Crippen LogP contribution in [0.25, 0.3) is 0 Å². The molecule has 1 rings (SSSR count). The number of aliphatic hydroxyl groups excluding tert-OH is 1. The van der Waals surface area contributed by atoms with E-state index < -0.39 is 156 Å². The molecular formula is C62H111N11O12. The van der Waals surface area contributed by atoms with Gasteiger partial charge in [-0.15, -0.1) is 0 Å². The third kappa shape index (κ3) is 22.6. The number of carbonyl (C=O) groups excluding carboxylic acids is 11. The van der Waals surface area contributed by atoms with Crippen molar-refractivity contribution >= 4 is 65.0 Å². The molecule has 1 heterocycles. The first-order valence-corrected chi connectivity index (χ1v) is 30.7. The summed E-state index contributed by atoms with van der Waals surface area (Å²) in [5, 5.41) is 25.9. The molecule has 0 aromatic rings. The molecule has 0 saturated carbocycles. The van der Waals surface area contributed by atoms with Crippen LogP contribution in [0.2, 0.25) is 0 Å². The molecule has 6 N–H and O–H groups in total. The molecule has 1 saturated heterocycles. The van der Waals surface area contributed by atoms with Crippen molar-refractivity contribution in [3.8, 4) is 0 Å². The van der Waals surface area contributed by atoms with E-state index >= 15 is 9.59 Å². The van der Waals surface area contributed by atoms with E-state index in [1.54, 1.807) is 54.5 Å². The lowest BCUT2D eigenvalue weighted by molar-refractivity contribution is -0.156. The van der Waals surface area contributed by atoms with Crippen molar-refractivity contribution in [2.75, 3.05) is 48.8 Å². The topological polar surface area (TPSA) is 288 Å². The van der Waals surface area contributed by atoms with Gasteiger partial charge in [-0.1, -0.05) is 116 Å². The Bertz CT molecular complexity index is 2310. The number of nitrogens with one attached hydrogen (secondary N) is 5. The average molecular weight is 1200 g/mol. The highest BCUT2D eigenvalue weighted by molar-refractivity contribution is 5.99. The zero-order valence-electron chi connectivity index (χ0n) is 55.8. The lowest BCUT2D eigenvalue weighted by Gasteiger charge is -2.41. The number of carbonyl (C=O) groups is 11. The zero-order valence-corrected chi connectivity index (χ0v) is 55.8. The number of hydrogen-bond donors (Lipinski definition) is 6. The highest BCUT2D eigenvalue weighted by atomic mass is 16.3. The van der Waals surface area contributed by atoms with E-state index in [0.29, 0.717) is 12.8 Å². The van der Waals surface area contributed by atoms with Gasteiger partial charge in [0.05, 0.1) is 12.6 Å². The predicted molar refractivity (Wildman–Crippen MR) is 328 cm³/mol. The van der Waals surface area contributed by atoms with Crippen LogP contribution < -0.4 is 26.6 Å². The minimum atomic E-state index is -1.61. The third-order valence-electron chi connectivity index (χ3n) is 15.8. The van der Waals surface area contributed by atoms with Gasteiger partial charge in [0.2, 0.25) is 65.0 Å². The lowest BCUT2D eigenvalue weighted by Crippen LogP contribution is -2.63. The minimum absolute atomic E-state index is 0.0920. The van der Waals surface area contributed by atoms with Crippen molar-refractivity contribution in [3.05, 3.63) is 12.2 Å². The van der Waals surface area contributed by atoms with Gasteiger partial charge in [-0.2, -0.15) is 0 Å². The molecule has 1 aliphatic heterocycles. The number of amides is 11. The smallest absolute Gasteiger partial charge is 0.246 e. The second kappa shape index (κ2) is 35.5. The van der Waals surface area contributed by atoms with Gasteiger partial charge >= 0.3 is 0 Å². The van der Waals surface area contributed by atoms with E-state index in [2.05, 4.69) is 26.6 Å². The second-order valence-electron chi connectivity index (χ2n) is 26.1. The number of nitrogens with zero attached hydrogens (tertiary/aromatic N) is 6. The molecule has 85 heavy (non-hydrogen) atoms. The Labute approximate surface area is 508 Å². The fraction of sp³-hybridized carbons (Fsp3) is 0.790. The Morgan fingerprint density at radius 3 is 1.38 bits per heavy atom. The van der Waals surface area contributed by atoms with Gasteiger partial charge in [0.25, 0.3) is 0 Å². The van der Waals surface area contributed by atoms with Crippen LogP contribution in [0.1, 0.15) is 163 Å². The molecule has 0 aliphatic carbocycles. The molecular weight excluding hydrogens is 1090 g/mol. The van der Waals surface area contributed by atoms with Crippen molar-refractivity contribution in [3.63, 3.8) is 0 Å². The largest absolute Gasteiger partial charge is 0.390 e. The van der Waals surface area contributed by atoms with E-state index in [4.69, 9.17) is 0 Å². The van der Waals surface area contributed by atoms with Crippen molar-refractivity contribution in [2.45, 2.75) is 229 Å². The third-order valence-corrected chi connectivity index (χ3v) is 15.8. The van der Waals surface area contributed by atoms with Gasteiger partial charge in [-0.3, -0.25) is 52.7 Å². The molecule has 0 aromatic heterocycles. The highest BCUT2D eigenvalue weighted by Crippen LogP contribution is 2.25. The van der Waals surface area contributed by atoms with E-state index in [1.165, 1.54) is 75.7 Å². The van der Waals surface area contributed by atoms with Crippen LogP contribution in [0.5, 0.6) is 0 Å². The second-order valence-corrected chi connectivity index (χ2v) is 26.1. The number of rotatable bonds is 16. The summed E-state index contributed by atoms with van der Waals surface area (Å²) < 4.78 is 0. The molecule has 0 spiro atoms. The number of hydrogen-bond acceptors (Lipinski definition) is 12. The summed E-state index contributed by atoms with van der Waals surface area (Å²) in [7, 11) is 8.48. The van der Waals surface area contributed by atoms with Gasteiger partial charge in [0.15, 0.2) is 0 Å². The summed E-state index contributed by atoms with van der Waals surface area (Å²) in [5.41, 5.74) is 0. The van der Waals surface area contributed by atoms with Crippen LogP contribution >= 0.6 is 0 Å². The quantitative estimate of drug-likeness (QED) is 0.121. The first-order valence-electron chi connectivity index (χ1n) is 30.7. The summed E-state index contributed by atoms with van der Waals surface area (Å²) >= 11 is 0. The lowest BCUT2D eigenvalue weighted by atomic mass is 9.91. The maximum absolute atomic E-state index is 15.1. The van der Waals surface area contributed by atoms with Gasteiger partial charge in [0.1, 0.15) is 60.4 Å². The molecule has 486 valence electrons. The normalized spacial score (nSPS) is 26.8. The van der Waals surface area contributed by atoms with Crippen LogP contribution in [-0.2, 0) is 52.7 Å². The fourth-order valence-electron chi connectivity index (χ4n) is 10.6. The first kappa shape index (κ1) is 76.9. The van der Waals surface area contributed by atoms with Gasteiger partial charge in [0, 0.05) is 42.3 Å². The van der Waals surface area contributed by atoms with Crippen molar-refractivity contribution in [1.29, 1.82) is 0 Å². The van der Waals surface area contributed by atoms with E-state index in [1.807, 2.05) is 61.5 Å². The summed E-state index contributed by atoms with van der Waals surface area (Å²) in [6.07, 6.45) is 3.48. The molecule has 12 atom stereocenters. The highest BCUT2D eigenvalue weighted by Gasteiger charge is 2.45. The Morgan fingerprint density at radius 1 is 0.471 bits per heavy atom. The Hall–Kier alpha value is -6.13. The average Bonchev–Trinajstić information content (AvgIpc) is 3.12. The maximum Gasteiger partial charge on any atom is 0.246 e. The molecule has 0 radical (unpaired) electrons. The van der Waals surface area contributed by atoms with Crippen LogP contribution in [0, 0.1) is 41.4 Å². The van der Waals surface area contributed by atoms with Gasteiger partial charge in [-0.25, -0.2) is 0 Å². The summed E-state index contributed by atoms with van der Waals surface area (Å²) in [5.74, 6) is -9.82. The molecule has 11 amide bonds. The molecule has 0 aromatic carbocycles. The number of aliphatic hydroxyl groups is 1. The van der Waals surface area contributed by atoms with E-state index in [0.717, 1.165) is 9.80 Å². The molecule has 23 heteroatoms. The molecule has 23 nitrogen and oxygen atoms in total. The monoisotopic (exact) mass is 1200 g/mol. The first-order chi connectivity index (χ1) is 39.3. The zero-order chi connectivity index (χ0) is 65.8. The van der Waals surface area contributed by atoms with Crippen LogP contribution in [0.3, 0.4) is 0 Å². The molecule has 0 bridgehead atoms. The predicted octanol–water partition coefficient (Wildman–Crippen LogP) is 3.32. The van der Waals surface area contributed by atoms with Crippen molar-refractivity contribution < 1.29 is 57.8 Å². The van der Waals surface area contributed by atoms with Crippen LogP contribution in [0.4, 0.5) is 0 Å². The Kier molecular flexibility index (Phi) is 32.1. The van der Waals surface area contributed by atoms with Crippen molar-refractivity contribution in [2.24, 2.45) is 41.4 Å². The summed E-state index contributed by atoms with van der Waals surface area (Å²) in [6.45, 7) is 29.4.